The van der Waals surface area contributed by atoms with Gasteiger partial charge in [-0.1, -0.05) is 34.6 Å². The molecule has 0 saturated carbocycles. The van der Waals surface area contributed by atoms with Gasteiger partial charge in [0.15, 0.2) is 0 Å². The molecule has 0 radical (unpaired) electrons. The van der Waals surface area contributed by atoms with E-state index in [2.05, 4.69) is 73.0 Å². The molecule has 0 aliphatic carbocycles. The van der Waals surface area contributed by atoms with E-state index in [1.54, 1.807) is 0 Å². The van der Waals surface area contributed by atoms with Crippen molar-refractivity contribution in [1.82, 2.24) is 10.3 Å². The molecule has 0 amide bonds. The molecule has 0 spiro atoms. The largest absolute Gasteiger partial charge is 0.314 e. The molecule has 1 rings (SSSR count). The smallest absolute Gasteiger partial charge is 0.0419 e. The SMILES string of the molecule is CCCNC(Cc1ccc(Br)cn1)CC(C)C(C)(C)C. The number of aromatic nitrogens is 1. The molecule has 0 bridgehead atoms. The normalized spacial score (nSPS) is 15.1. The zero-order chi connectivity index (χ0) is 15.2. The van der Waals surface area contributed by atoms with E-state index in [-0.39, 0.29) is 0 Å². The van der Waals surface area contributed by atoms with Gasteiger partial charge in [-0.15, -0.1) is 0 Å². The van der Waals surface area contributed by atoms with E-state index in [0.717, 1.165) is 17.4 Å². The Morgan fingerprint density at radius 2 is 2.00 bits per heavy atom. The third-order valence-electron chi connectivity index (χ3n) is 4.04. The van der Waals surface area contributed by atoms with Gasteiger partial charge in [-0.2, -0.15) is 0 Å². The molecule has 20 heavy (non-hydrogen) atoms. The molecule has 0 saturated heterocycles. The van der Waals surface area contributed by atoms with Crippen molar-refractivity contribution >= 4 is 15.9 Å². The monoisotopic (exact) mass is 340 g/mol. The van der Waals surface area contributed by atoms with Crippen LogP contribution in [0.4, 0.5) is 0 Å². The van der Waals surface area contributed by atoms with E-state index in [0.29, 0.717) is 17.4 Å². The van der Waals surface area contributed by atoms with Gasteiger partial charge in [0, 0.05) is 28.8 Å². The topological polar surface area (TPSA) is 24.9 Å². The van der Waals surface area contributed by atoms with E-state index < -0.39 is 0 Å². The van der Waals surface area contributed by atoms with E-state index in [1.807, 2.05) is 6.20 Å². The van der Waals surface area contributed by atoms with Crippen LogP contribution in [0.5, 0.6) is 0 Å². The average Bonchev–Trinajstić information content (AvgIpc) is 2.37. The first kappa shape index (κ1) is 17.6. The molecule has 1 aromatic heterocycles. The Morgan fingerprint density at radius 1 is 1.30 bits per heavy atom. The van der Waals surface area contributed by atoms with Crippen LogP contribution in [0.15, 0.2) is 22.8 Å². The van der Waals surface area contributed by atoms with Gasteiger partial charge in [0.2, 0.25) is 0 Å². The van der Waals surface area contributed by atoms with Gasteiger partial charge in [-0.3, -0.25) is 4.98 Å². The number of pyridine rings is 1. The summed E-state index contributed by atoms with van der Waals surface area (Å²) in [4.78, 5) is 4.51. The molecule has 2 unspecified atom stereocenters. The third-order valence-corrected chi connectivity index (χ3v) is 4.51. The van der Waals surface area contributed by atoms with Gasteiger partial charge in [0.25, 0.3) is 0 Å². The van der Waals surface area contributed by atoms with Crippen molar-refractivity contribution in [3.05, 3.63) is 28.5 Å². The lowest BCUT2D eigenvalue weighted by atomic mass is 9.78. The summed E-state index contributed by atoms with van der Waals surface area (Å²) in [5.41, 5.74) is 1.53. The predicted octanol–water partition coefficient (Wildman–Crippen LogP) is 4.83. The molecular weight excluding hydrogens is 312 g/mol. The quantitative estimate of drug-likeness (QED) is 0.768. The maximum atomic E-state index is 4.51. The molecule has 0 fully saturated rings. The maximum Gasteiger partial charge on any atom is 0.0419 e. The van der Waals surface area contributed by atoms with Gasteiger partial charge >= 0.3 is 0 Å². The molecule has 0 aliphatic heterocycles. The van der Waals surface area contributed by atoms with Crippen molar-refractivity contribution in [2.75, 3.05) is 6.54 Å². The van der Waals surface area contributed by atoms with Crippen LogP contribution in [0.1, 0.15) is 53.2 Å². The van der Waals surface area contributed by atoms with Crippen LogP contribution in [0.3, 0.4) is 0 Å². The Labute approximate surface area is 132 Å². The molecule has 2 nitrogen and oxygen atoms in total. The zero-order valence-corrected chi connectivity index (χ0v) is 15.1. The highest BCUT2D eigenvalue weighted by molar-refractivity contribution is 9.10. The minimum absolute atomic E-state index is 0.360. The van der Waals surface area contributed by atoms with Crippen molar-refractivity contribution in [1.29, 1.82) is 0 Å². The third kappa shape index (κ3) is 6.36. The van der Waals surface area contributed by atoms with Crippen LogP contribution in [-0.2, 0) is 6.42 Å². The van der Waals surface area contributed by atoms with Crippen molar-refractivity contribution in [3.8, 4) is 0 Å². The Hall–Kier alpha value is -0.410. The second kappa shape index (κ2) is 8.14. The minimum atomic E-state index is 0.360. The zero-order valence-electron chi connectivity index (χ0n) is 13.5. The highest BCUT2D eigenvalue weighted by Crippen LogP contribution is 2.29. The number of nitrogens with one attached hydrogen (secondary N) is 1. The lowest BCUT2D eigenvalue weighted by Crippen LogP contribution is -2.36. The predicted molar refractivity (Wildman–Crippen MR) is 91.0 cm³/mol. The second-order valence-corrected chi connectivity index (χ2v) is 7.74. The minimum Gasteiger partial charge on any atom is -0.314 e. The van der Waals surface area contributed by atoms with Gasteiger partial charge < -0.3 is 5.32 Å². The van der Waals surface area contributed by atoms with Gasteiger partial charge in [-0.05, 0) is 58.8 Å². The summed E-state index contributed by atoms with van der Waals surface area (Å²) in [6.45, 7) is 12.6. The average molecular weight is 341 g/mol. The first-order valence-corrected chi connectivity index (χ1v) is 8.46. The molecule has 1 heterocycles. The van der Waals surface area contributed by atoms with Crippen LogP contribution >= 0.6 is 15.9 Å². The molecule has 0 aromatic carbocycles. The van der Waals surface area contributed by atoms with Crippen LogP contribution in [0.25, 0.3) is 0 Å². The Balaban J connectivity index is 2.66. The number of rotatable bonds is 7. The molecular formula is C17H29BrN2. The van der Waals surface area contributed by atoms with Gasteiger partial charge in [0.1, 0.15) is 0 Å². The van der Waals surface area contributed by atoms with Gasteiger partial charge in [0.05, 0.1) is 0 Å². The Morgan fingerprint density at radius 3 is 2.50 bits per heavy atom. The Kier molecular flexibility index (Phi) is 7.18. The van der Waals surface area contributed by atoms with Crippen LogP contribution in [0, 0.1) is 11.3 Å². The van der Waals surface area contributed by atoms with Crippen molar-refractivity contribution in [3.63, 3.8) is 0 Å². The maximum absolute atomic E-state index is 4.51. The highest BCUT2D eigenvalue weighted by Gasteiger charge is 2.23. The summed E-state index contributed by atoms with van der Waals surface area (Å²) < 4.78 is 1.04. The summed E-state index contributed by atoms with van der Waals surface area (Å²) in [6.07, 6.45) is 5.27. The lowest BCUT2D eigenvalue weighted by molar-refractivity contribution is 0.221. The summed E-state index contributed by atoms with van der Waals surface area (Å²) >= 11 is 3.44. The number of hydrogen-bond acceptors (Lipinski definition) is 2. The molecule has 2 atom stereocenters. The molecule has 114 valence electrons. The molecule has 3 heteroatoms. The van der Waals surface area contributed by atoms with E-state index in [4.69, 9.17) is 0 Å². The van der Waals surface area contributed by atoms with Crippen molar-refractivity contribution in [2.45, 2.75) is 59.9 Å². The standard InChI is InChI=1S/C17H29BrN2/c1-6-9-19-16(10-13(2)17(3,4)5)11-15-8-7-14(18)12-20-15/h7-8,12-13,16,19H,6,9-11H2,1-5H3. The summed E-state index contributed by atoms with van der Waals surface area (Å²) in [7, 11) is 0. The first-order valence-electron chi connectivity index (χ1n) is 7.66. The number of nitrogens with zero attached hydrogens (tertiary/aromatic N) is 1. The fourth-order valence-electron chi connectivity index (χ4n) is 2.15. The van der Waals surface area contributed by atoms with Crippen molar-refractivity contribution < 1.29 is 0 Å². The van der Waals surface area contributed by atoms with E-state index in [1.165, 1.54) is 18.5 Å². The summed E-state index contributed by atoms with van der Waals surface area (Å²) in [5, 5.41) is 3.68. The molecule has 1 N–H and O–H groups in total. The first-order chi connectivity index (χ1) is 9.32. The van der Waals surface area contributed by atoms with Crippen molar-refractivity contribution in [2.24, 2.45) is 11.3 Å². The Bertz CT molecular complexity index is 381. The van der Waals surface area contributed by atoms with Gasteiger partial charge in [-0.25, -0.2) is 0 Å². The van der Waals surface area contributed by atoms with Crippen LogP contribution in [0.2, 0.25) is 0 Å². The van der Waals surface area contributed by atoms with E-state index >= 15 is 0 Å². The fraction of sp³-hybridized carbons (Fsp3) is 0.706. The molecule has 1 aromatic rings. The lowest BCUT2D eigenvalue weighted by Gasteiger charge is -2.31. The fourth-order valence-corrected chi connectivity index (χ4v) is 2.38. The summed E-state index contributed by atoms with van der Waals surface area (Å²) in [6, 6.07) is 4.71. The summed E-state index contributed by atoms with van der Waals surface area (Å²) in [5.74, 6) is 0.687. The number of hydrogen-bond donors (Lipinski definition) is 1. The number of halogens is 1. The second-order valence-electron chi connectivity index (χ2n) is 6.83. The van der Waals surface area contributed by atoms with E-state index in [9.17, 15) is 0 Å². The van der Waals surface area contributed by atoms with Crippen LogP contribution in [-0.4, -0.2) is 17.6 Å². The molecule has 0 aliphatic rings. The van der Waals surface area contributed by atoms with Crippen LogP contribution < -0.4 is 5.32 Å². The highest BCUT2D eigenvalue weighted by atomic mass is 79.9.